The Morgan fingerprint density at radius 2 is 1.90 bits per heavy atom. The third kappa shape index (κ3) is 3.28. The molecule has 110 valence electrons. The van der Waals surface area contributed by atoms with Crippen LogP contribution in [0.2, 0.25) is 0 Å². The zero-order chi connectivity index (χ0) is 15.4. The molecule has 0 amide bonds. The fourth-order valence-electron chi connectivity index (χ4n) is 2.19. The van der Waals surface area contributed by atoms with Gasteiger partial charge in [0.2, 0.25) is 0 Å². The maximum Gasteiger partial charge on any atom is 0.330 e. The van der Waals surface area contributed by atoms with Crippen molar-refractivity contribution in [1.82, 2.24) is 9.13 Å². The van der Waals surface area contributed by atoms with Gasteiger partial charge in [-0.05, 0) is 12.5 Å². The Hall–Kier alpha value is -2.21. The van der Waals surface area contributed by atoms with E-state index in [1.165, 1.54) is 21.4 Å². The van der Waals surface area contributed by atoms with Crippen molar-refractivity contribution in [2.45, 2.75) is 25.9 Å². The number of thiocarbonyl (C=S) groups is 1. The van der Waals surface area contributed by atoms with Gasteiger partial charge in [-0.3, -0.25) is 9.36 Å². The Labute approximate surface area is 127 Å². The molecule has 0 saturated heterocycles. The molecule has 2 aromatic rings. The monoisotopic (exact) mass is 303 g/mol. The molecule has 1 aromatic heterocycles. The van der Waals surface area contributed by atoms with Gasteiger partial charge in [0.15, 0.2) is 0 Å². The maximum absolute atomic E-state index is 12.3. The van der Waals surface area contributed by atoms with Crippen LogP contribution in [0.3, 0.4) is 0 Å². The molecule has 5 nitrogen and oxygen atoms in total. The standard InChI is InChI=1S/C15H17N3O2S/c1-2-17-9-8-13(19)18(15(17)20)10-12(14(16)21)11-6-4-3-5-7-11/h3-9,12H,2,10H2,1H3,(H2,16,21). The van der Waals surface area contributed by atoms with E-state index < -0.39 is 0 Å². The summed E-state index contributed by atoms with van der Waals surface area (Å²) in [7, 11) is 0. The van der Waals surface area contributed by atoms with Crippen LogP contribution in [0.1, 0.15) is 18.4 Å². The number of hydrogen-bond acceptors (Lipinski definition) is 3. The second kappa shape index (κ2) is 6.49. The van der Waals surface area contributed by atoms with Gasteiger partial charge >= 0.3 is 5.69 Å². The molecule has 1 atom stereocenters. The lowest BCUT2D eigenvalue weighted by atomic mass is 9.99. The van der Waals surface area contributed by atoms with Gasteiger partial charge < -0.3 is 10.3 Å². The van der Waals surface area contributed by atoms with Crippen molar-refractivity contribution in [3.05, 3.63) is 69.0 Å². The van der Waals surface area contributed by atoms with E-state index in [0.29, 0.717) is 6.54 Å². The van der Waals surface area contributed by atoms with Gasteiger partial charge in [-0.15, -0.1) is 0 Å². The highest BCUT2D eigenvalue weighted by Gasteiger charge is 2.17. The highest BCUT2D eigenvalue weighted by molar-refractivity contribution is 7.80. The molecule has 2 N–H and O–H groups in total. The average Bonchev–Trinajstić information content (AvgIpc) is 2.48. The number of nitrogens with zero attached hydrogens (tertiary/aromatic N) is 2. The van der Waals surface area contributed by atoms with E-state index in [9.17, 15) is 9.59 Å². The van der Waals surface area contributed by atoms with Crippen LogP contribution in [0.25, 0.3) is 0 Å². The van der Waals surface area contributed by atoms with Crippen LogP contribution in [0.15, 0.2) is 52.2 Å². The van der Waals surface area contributed by atoms with Crippen LogP contribution in [-0.4, -0.2) is 14.1 Å². The highest BCUT2D eigenvalue weighted by atomic mass is 32.1. The molecule has 0 aliphatic carbocycles. The molecule has 21 heavy (non-hydrogen) atoms. The predicted molar refractivity (Wildman–Crippen MR) is 86.6 cm³/mol. The topological polar surface area (TPSA) is 70.0 Å². The summed E-state index contributed by atoms with van der Waals surface area (Å²) in [6.07, 6.45) is 1.50. The molecule has 0 aliphatic rings. The molecule has 1 heterocycles. The Bertz CT molecular complexity index is 750. The molecule has 1 unspecified atom stereocenters. The molecule has 0 fully saturated rings. The summed E-state index contributed by atoms with van der Waals surface area (Å²) < 4.78 is 2.66. The first-order valence-corrected chi connectivity index (χ1v) is 7.10. The minimum Gasteiger partial charge on any atom is -0.393 e. The third-order valence-electron chi connectivity index (χ3n) is 3.39. The third-order valence-corrected chi connectivity index (χ3v) is 3.68. The number of hydrogen-bond donors (Lipinski definition) is 1. The highest BCUT2D eigenvalue weighted by Crippen LogP contribution is 2.17. The molecule has 0 spiro atoms. The largest absolute Gasteiger partial charge is 0.393 e. The molecule has 1 aromatic carbocycles. The van der Waals surface area contributed by atoms with E-state index in [4.69, 9.17) is 18.0 Å². The normalized spacial score (nSPS) is 12.0. The van der Waals surface area contributed by atoms with Crippen LogP contribution in [0, 0.1) is 0 Å². The quantitative estimate of drug-likeness (QED) is 0.840. The Balaban J connectivity index is 2.46. The van der Waals surface area contributed by atoms with E-state index in [0.717, 1.165) is 5.56 Å². The smallest absolute Gasteiger partial charge is 0.330 e. The van der Waals surface area contributed by atoms with Crippen molar-refractivity contribution in [3.63, 3.8) is 0 Å². The predicted octanol–water partition coefficient (Wildman–Crippen LogP) is 1.10. The molecular formula is C15H17N3O2S. The van der Waals surface area contributed by atoms with Crippen molar-refractivity contribution < 1.29 is 0 Å². The number of benzene rings is 1. The van der Waals surface area contributed by atoms with Crippen molar-refractivity contribution in [2.75, 3.05) is 0 Å². The van der Waals surface area contributed by atoms with Crippen LogP contribution in [0.5, 0.6) is 0 Å². The SMILES string of the molecule is CCn1ccc(=O)n(CC(C(N)=S)c2ccccc2)c1=O. The van der Waals surface area contributed by atoms with Crippen LogP contribution in [-0.2, 0) is 13.1 Å². The summed E-state index contributed by atoms with van der Waals surface area (Å²) in [6, 6.07) is 10.8. The first kappa shape index (κ1) is 15.2. The summed E-state index contributed by atoms with van der Waals surface area (Å²) in [4.78, 5) is 24.5. The fraction of sp³-hybridized carbons (Fsp3) is 0.267. The molecule has 2 rings (SSSR count). The minimum atomic E-state index is -0.348. The summed E-state index contributed by atoms with van der Waals surface area (Å²) in [6.45, 7) is 2.50. The number of rotatable bonds is 5. The van der Waals surface area contributed by atoms with Gasteiger partial charge in [-0.25, -0.2) is 4.79 Å². The van der Waals surface area contributed by atoms with E-state index in [2.05, 4.69) is 0 Å². The number of aryl methyl sites for hydroxylation is 1. The van der Waals surface area contributed by atoms with E-state index in [1.807, 2.05) is 37.3 Å². The zero-order valence-electron chi connectivity index (χ0n) is 11.7. The Kier molecular flexibility index (Phi) is 4.70. The average molecular weight is 303 g/mol. The summed E-state index contributed by atoms with van der Waals surface area (Å²) >= 11 is 5.10. The second-order valence-electron chi connectivity index (χ2n) is 4.70. The van der Waals surface area contributed by atoms with Crippen LogP contribution < -0.4 is 17.0 Å². The van der Waals surface area contributed by atoms with E-state index >= 15 is 0 Å². The van der Waals surface area contributed by atoms with Crippen molar-refractivity contribution in [2.24, 2.45) is 5.73 Å². The lowest BCUT2D eigenvalue weighted by molar-refractivity contribution is 0.550. The molecule has 0 bridgehead atoms. The number of aromatic nitrogens is 2. The molecule has 6 heteroatoms. The Morgan fingerprint density at radius 1 is 1.24 bits per heavy atom. The minimum absolute atomic E-state index is 0.151. The van der Waals surface area contributed by atoms with Crippen molar-refractivity contribution >= 4 is 17.2 Å². The van der Waals surface area contributed by atoms with Crippen LogP contribution >= 0.6 is 12.2 Å². The van der Waals surface area contributed by atoms with Crippen molar-refractivity contribution in [1.29, 1.82) is 0 Å². The van der Waals surface area contributed by atoms with Crippen molar-refractivity contribution in [3.8, 4) is 0 Å². The molecule has 0 aliphatic heterocycles. The fourth-order valence-corrected chi connectivity index (χ4v) is 2.40. The maximum atomic E-state index is 12.3. The van der Waals surface area contributed by atoms with Crippen LogP contribution in [0.4, 0.5) is 0 Å². The second-order valence-corrected chi connectivity index (χ2v) is 5.17. The first-order valence-electron chi connectivity index (χ1n) is 6.69. The molecule has 0 saturated carbocycles. The Morgan fingerprint density at radius 3 is 2.48 bits per heavy atom. The van der Waals surface area contributed by atoms with Gasteiger partial charge in [0.25, 0.3) is 5.56 Å². The lowest BCUT2D eigenvalue weighted by Gasteiger charge is -2.17. The summed E-state index contributed by atoms with van der Waals surface area (Å²) in [5, 5.41) is 0. The first-order chi connectivity index (χ1) is 10.0. The van der Waals surface area contributed by atoms with Gasteiger partial charge in [0.1, 0.15) is 0 Å². The van der Waals surface area contributed by atoms with Gasteiger partial charge in [0, 0.05) is 25.4 Å². The summed E-state index contributed by atoms with van der Waals surface area (Å²) in [5.41, 5.74) is 6.00. The van der Waals surface area contributed by atoms with Gasteiger partial charge in [-0.1, -0.05) is 42.5 Å². The molecular weight excluding hydrogens is 286 g/mol. The van der Waals surface area contributed by atoms with E-state index in [1.54, 1.807) is 0 Å². The van der Waals surface area contributed by atoms with E-state index in [-0.39, 0.29) is 28.7 Å². The molecule has 0 radical (unpaired) electrons. The summed E-state index contributed by atoms with van der Waals surface area (Å²) in [5.74, 6) is -0.348. The number of nitrogens with two attached hydrogens (primary N) is 1. The van der Waals surface area contributed by atoms with Gasteiger partial charge in [0.05, 0.1) is 10.9 Å². The van der Waals surface area contributed by atoms with Gasteiger partial charge in [-0.2, -0.15) is 0 Å². The lowest BCUT2D eigenvalue weighted by Crippen LogP contribution is -2.41. The zero-order valence-corrected chi connectivity index (χ0v) is 12.5.